The van der Waals surface area contributed by atoms with Crippen LogP contribution in [0.15, 0.2) is 18.2 Å². The second-order valence-corrected chi connectivity index (χ2v) is 5.45. The third kappa shape index (κ3) is 1.87. The van der Waals surface area contributed by atoms with Gasteiger partial charge in [-0.1, -0.05) is 0 Å². The minimum Gasteiger partial charge on any atom is -0.319 e. The van der Waals surface area contributed by atoms with Crippen molar-refractivity contribution in [3.63, 3.8) is 0 Å². The third-order valence-electron chi connectivity index (χ3n) is 2.02. The second kappa shape index (κ2) is 3.81. The summed E-state index contributed by atoms with van der Waals surface area (Å²) in [7, 11) is 0. The summed E-state index contributed by atoms with van der Waals surface area (Å²) in [5.74, 6) is 0. The van der Waals surface area contributed by atoms with Gasteiger partial charge in [-0.25, -0.2) is 0 Å². The van der Waals surface area contributed by atoms with E-state index in [0.29, 0.717) is 0 Å². The Labute approximate surface area is 91.6 Å². The Morgan fingerprint density at radius 3 is 2.57 bits per heavy atom. The molecular weight excluding hydrogens is 212 g/mol. The average Bonchev–Trinajstić information content (AvgIpc) is 2.73. The van der Waals surface area contributed by atoms with Crippen LogP contribution in [0.5, 0.6) is 0 Å². The number of nitrogens with two attached hydrogens (primary N) is 1. The molecule has 0 amide bonds. The van der Waals surface area contributed by atoms with Crippen LogP contribution in [-0.2, 0) is 0 Å². The highest BCUT2D eigenvalue weighted by atomic mass is 32.1. The fourth-order valence-electron chi connectivity index (χ4n) is 1.29. The highest BCUT2D eigenvalue weighted by Gasteiger charge is 2.13. The summed E-state index contributed by atoms with van der Waals surface area (Å²) in [6.07, 6.45) is 0. The maximum absolute atomic E-state index is 6.12. The van der Waals surface area contributed by atoms with Crippen LogP contribution in [0.4, 0.5) is 0 Å². The lowest BCUT2D eigenvalue weighted by Gasteiger charge is -2.04. The molecular formula is C10H12N2S2. The van der Waals surface area contributed by atoms with E-state index in [1.807, 2.05) is 6.92 Å². The van der Waals surface area contributed by atoms with Gasteiger partial charge in [0.05, 0.1) is 11.7 Å². The summed E-state index contributed by atoms with van der Waals surface area (Å²) in [4.78, 5) is 3.66. The minimum atomic E-state index is -0.0000926. The van der Waals surface area contributed by atoms with Gasteiger partial charge in [-0.2, -0.15) is 4.37 Å². The summed E-state index contributed by atoms with van der Waals surface area (Å²) < 4.78 is 4.24. The third-order valence-corrected chi connectivity index (χ3v) is 4.07. The first kappa shape index (κ1) is 9.83. The van der Waals surface area contributed by atoms with E-state index in [2.05, 4.69) is 29.5 Å². The second-order valence-electron chi connectivity index (χ2n) is 3.30. The van der Waals surface area contributed by atoms with Gasteiger partial charge in [0, 0.05) is 14.6 Å². The van der Waals surface area contributed by atoms with Crippen LogP contribution in [0.25, 0.3) is 0 Å². The molecule has 0 aromatic carbocycles. The molecule has 1 atom stereocenters. The van der Waals surface area contributed by atoms with Crippen molar-refractivity contribution in [2.24, 2.45) is 5.73 Å². The van der Waals surface area contributed by atoms with E-state index in [0.717, 1.165) is 10.6 Å². The molecule has 0 radical (unpaired) electrons. The average molecular weight is 224 g/mol. The van der Waals surface area contributed by atoms with E-state index in [9.17, 15) is 0 Å². The van der Waals surface area contributed by atoms with Crippen LogP contribution in [0, 0.1) is 13.8 Å². The molecule has 0 saturated heterocycles. The van der Waals surface area contributed by atoms with Crippen molar-refractivity contribution in [1.29, 1.82) is 0 Å². The standard InChI is InChI=1S/C10H12N2S2/c1-6-5-9(14-12-6)10(11)8-4-3-7(2)13-8/h3-5,10H,11H2,1-2H3. The molecule has 14 heavy (non-hydrogen) atoms. The molecule has 0 aliphatic rings. The van der Waals surface area contributed by atoms with Crippen molar-refractivity contribution in [3.05, 3.63) is 38.5 Å². The molecule has 2 rings (SSSR count). The van der Waals surface area contributed by atoms with Gasteiger partial charge in [-0.3, -0.25) is 0 Å². The zero-order valence-electron chi connectivity index (χ0n) is 8.15. The van der Waals surface area contributed by atoms with Crippen LogP contribution >= 0.6 is 22.9 Å². The first-order chi connectivity index (χ1) is 6.66. The number of hydrogen-bond acceptors (Lipinski definition) is 4. The van der Waals surface area contributed by atoms with Crippen LogP contribution < -0.4 is 5.73 Å². The maximum Gasteiger partial charge on any atom is 0.0756 e. The van der Waals surface area contributed by atoms with Crippen LogP contribution in [-0.4, -0.2) is 4.37 Å². The zero-order valence-corrected chi connectivity index (χ0v) is 9.78. The van der Waals surface area contributed by atoms with Crippen molar-refractivity contribution in [3.8, 4) is 0 Å². The molecule has 0 fully saturated rings. The van der Waals surface area contributed by atoms with E-state index in [4.69, 9.17) is 5.73 Å². The molecule has 0 saturated carbocycles. The smallest absolute Gasteiger partial charge is 0.0756 e. The van der Waals surface area contributed by atoms with Gasteiger partial charge >= 0.3 is 0 Å². The monoisotopic (exact) mass is 224 g/mol. The molecule has 0 bridgehead atoms. The van der Waals surface area contributed by atoms with E-state index in [1.54, 1.807) is 11.3 Å². The molecule has 0 aliphatic heterocycles. The number of thiophene rings is 1. The Kier molecular flexibility index (Phi) is 2.67. The van der Waals surface area contributed by atoms with Gasteiger partial charge in [0.15, 0.2) is 0 Å². The van der Waals surface area contributed by atoms with Crippen LogP contribution in [0.1, 0.15) is 26.4 Å². The Balaban J connectivity index is 2.28. The van der Waals surface area contributed by atoms with Crippen molar-refractivity contribution >= 4 is 22.9 Å². The summed E-state index contributed by atoms with van der Waals surface area (Å²) >= 11 is 3.25. The maximum atomic E-state index is 6.12. The Morgan fingerprint density at radius 2 is 2.07 bits per heavy atom. The van der Waals surface area contributed by atoms with E-state index in [-0.39, 0.29) is 6.04 Å². The zero-order chi connectivity index (χ0) is 10.1. The predicted octanol–water partition coefficient (Wildman–Crippen LogP) is 2.87. The molecule has 2 nitrogen and oxygen atoms in total. The van der Waals surface area contributed by atoms with Crippen molar-refractivity contribution in [1.82, 2.24) is 4.37 Å². The van der Waals surface area contributed by atoms with E-state index < -0.39 is 0 Å². The van der Waals surface area contributed by atoms with Crippen molar-refractivity contribution < 1.29 is 0 Å². The molecule has 2 heterocycles. The number of nitrogens with zero attached hydrogens (tertiary/aromatic N) is 1. The fourth-order valence-corrected chi connectivity index (χ4v) is 3.03. The fraction of sp³-hybridized carbons (Fsp3) is 0.300. The number of aromatic nitrogens is 1. The lowest BCUT2D eigenvalue weighted by Crippen LogP contribution is -2.07. The quantitative estimate of drug-likeness (QED) is 0.852. The first-order valence-electron chi connectivity index (χ1n) is 4.42. The van der Waals surface area contributed by atoms with Crippen molar-refractivity contribution in [2.45, 2.75) is 19.9 Å². The summed E-state index contributed by atoms with van der Waals surface area (Å²) in [5, 5.41) is 0. The first-order valence-corrected chi connectivity index (χ1v) is 6.01. The number of rotatable bonds is 2. The SMILES string of the molecule is Cc1cc(C(N)c2ccc(C)s2)sn1. The summed E-state index contributed by atoms with van der Waals surface area (Å²) in [5.41, 5.74) is 7.17. The molecule has 2 N–H and O–H groups in total. The van der Waals surface area contributed by atoms with Crippen LogP contribution in [0.3, 0.4) is 0 Å². The molecule has 1 unspecified atom stereocenters. The van der Waals surface area contributed by atoms with Crippen molar-refractivity contribution in [2.75, 3.05) is 0 Å². The van der Waals surface area contributed by atoms with Gasteiger partial charge in [0.25, 0.3) is 0 Å². The van der Waals surface area contributed by atoms with Gasteiger partial charge in [-0.05, 0) is 43.6 Å². The van der Waals surface area contributed by atoms with E-state index >= 15 is 0 Å². The highest BCUT2D eigenvalue weighted by molar-refractivity contribution is 7.12. The predicted molar refractivity (Wildman–Crippen MR) is 61.9 cm³/mol. The highest BCUT2D eigenvalue weighted by Crippen LogP contribution is 2.28. The largest absolute Gasteiger partial charge is 0.319 e. The number of hydrogen-bond donors (Lipinski definition) is 1. The normalized spacial score (nSPS) is 13.1. The van der Waals surface area contributed by atoms with Gasteiger partial charge in [0.1, 0.15) is 0 Å². The van der Waals surface area contributed by atoms with Gasteiger partial charge in [-0.15, -0.1) is 11.3 Å². The molecule has 0 spiro atoms. The molecule has 2 aromatic rings. The minimum absolute atomic E-state index is 0.0000926. The van der Waals surface area contributed by atoms with Gasteiger partial charge in [0.2, 0.25) is 0 Å². The topological polar surface area (TPSA) is 38.9 Å². The Morgan fingerprint density at radius 1 is 1.29 bits per heavy atom. The molecule has 4 heteroatoms. The molecule has 2 aromatic heterocycles. The number of aryl methyl sites for hydroxylation is 2. The molecule has 0 aliphatic carbocycles. The lowest BCUT2D eigenvalue weighted by atomic mass is 10.2. The summed E-state index contributed by atoms with van der Waals surface area (Å²) in [6.45, 7) is 4.09. The Bertz CT molecular complexity index is 391. The lowest BCUT2D eigenvalue weighted by molar-refractivity contribution is 0.916. The van der Waals surface area contributed by atoms with Gasteiger partial charge < -0.3 is 5.73 Å². The summed E-state index contributed by atoms with van der Waals surface area (Å²) in [6, 6.07) is 6.26. The van der Waals surface area contributed by atoms with E-state index in [1.165, 1.54) is 21.3 Å². The van der Waals surface area contributed by atoms with Crippen LogP contribution in [0.2, 0.25) is 0 Å². The Hall–Kier alpha value is -0.710. The molecule has 74 valence electrons.